The Balaban J connectivity index is 2.39. The maximum absolute atomic E-state index is 5.94. The molecule has 0 bridgehead atoms. The summed E-state index contributed by atoms with van der Waals surface area (Å²) >= 11 is 5.94. The summed E-state index contributed by atoms with van der Waals surface area (Å²) in [5.41, 5.74) is 1.73. The van der Waals surface area contributed by atoms with Gasteiger partial charge in [-0.1, -0.05) is 24.6 Å². The second-order valence-electron chi connectivity index (χ2n) is 3.91. The molecule has 1 aliphatic rings. The van der Waals surface area contributed by atoms with Crippen LogP contribution in [0.15, 0.2) is 18.2 Å². The van der Waals surface area contributed by atoms with E-state index >= 15 is 0 Å². The number of rotatable bonds is 2. The summed E-state index contributed by atoms with van der Waals surface area (Å²) in [4.78, 5) is 0. The van der Waals surface area contributed by atoms with E-state index in [4.69, 9.17) is 16.3 Å². The zero-order valence-corrected chi connectivity index (χ0v) is 8.69. The molecule has 1 aliphatic carbocycles. The molecule has 0 atom stereocenters. The van der Waals surface area contributed by atoms with Gasteiger partial charge in [0.25, 0.3) is 0 Å². The zero-order valence-electron chi connectivity index (χ0n) is 7.93. The van der Waals surface area contributed by atoms with Gasteiger partial charge in [-0.15, -0.1) is 0 Å². The van der Waals surface area contributed by atoms with E-state index in [1.807, 2.05) is 6.07 Å². The van der Waals surface area contributed by atoms with Gasteiger partial charge in [0.2, 0.25) is 0 Å². The fourth-order valence-electron chi connectivity index (χ4n) is 1.51. The Hall–Kier alpha value is -0.690. The summed E-state index contributed by atoms with van der Waals surface area (Å²) in [6.07, 6.45) is 2.55. The quantitative estimate of drug-likeness (QED) is 0.705. The molecular formula is C11H13ClO. The fraction of sp³-hybridized carbons (Fsp3) is 0.455. The Labute approximate surface area is 83.7 Å². The molecule has 0 radical (unpaired) electrons. The Morgan fingerprint density at radius 1 is 1.38 bits per heavy atom. The molecule has 1 nitrogen and oxygen atoms in total. The highest BCUT2D eigenvalue weighted by Crippen LogP contribution is 2.48. The van der Waals surface area contributed by atoms with Crippen molar-refractivity contribution in [2.45, 2.75) is 25.2 Å². The molecule has 2 heteroatoms. The van der Waals surface area contributed by atoms with Crippen molar-refractivity contribution in [1.82, 2.24) is 0 Å². The number of hydrogen-bond donors (Lipinski definition) is 0. The van der Waals surface area contributed by atoms with Crippen LogP contribution in [0.2, 0.25) is 5.02 Å². The van der Waals surface area contributed by atoms with Gasteiger partial charge in [0.05, 0.1) is 12.1 Å². The van der Waals surface area contributed by atoms with Crippen LogP contribution in [0.1, 0.15) is 25.3 Å². The smallest absolute Gasteiger partial charge is 0.137 e. The zero-order chi connectivity index (χ0) is 9.47. The lowest BCUT2D eigenvalue weighted by atomic mass is 9.98. The number of benzene rings is 1. The second kappa shape index (κ2) is 2.91. The van der Waals surface area contributed by atoms with Crippen molar-refractivity contribution >= 4 is 11.6 Å². The van der Waals surface area contributed by atoms with E-state index in [1.165, 1.54) is 18.4 Å². The summed E-state index contributed by atoms with van der Waals surface area (Å²) in [6.45, 7) is 2.27. The third-order valence-corrected chi connectivity index (χ3v) is 3.16. The van der Waals surface area contributed by atoms with Crippen molar-refractivity contribution in [3.05, 3.63) is 28.8 Å². The van der Waals surface area contributed by atoms with Gasteiger partial charge in [-0.2, -0.15) is 0 Å². The van der Waals surface area contributed by atoms with Gasteiger partial charge in [-0.05, 0) is 36.0 Å². The Morgan fingerprint density at radius 2 is 2.08 bits per heavy atom. The molecular weight excluding hydrogens is 184 g/mol. The van der Waals surface area contributed by atoms with Crippen LogP contribution in [-0.2, 0) is 5.41 Å². The third kappa shape index (κ3) is 1.53. The van der Waals surface area contributed by atoms with Gasteiger partial charge < -0.3 is 4.74 Å². The van der Waals surface area contributed by atoms with Crippen LogP contribution in [0, 0.1) is 0 Å². The normalized spacial score (nSPS) is 18.4. The summed E-state index contributed by atoms with van der Waals surface area (Å²) in [7, 11) is 1.65. The highest BCUT2D eigenvalue weighted by Gasteiger charge is 2.39. The van der Waals surface area contributed by atoms with Crippen LogP contribution in [0.4, 0.5) is 0 Å². The highest BCUT2D eigenvalue weighted by atomic mass is 35.5. The van der Waals surface area contributed by atoms with E-state index in [2.05, 4.69) is 19.1 Å². The topological polar surface area (TPSA) is 9.23 Å². The molecule has 1 aromatic carbocycles. The largest absolute Gasteiger partial charge is 0.495 e. The molecule has 2 rings (SSSR count). The minimum Gasteiger partial charge on any atom is -0.495 e. The molecule has 13 heavy (non-hydrogen) atoms. The van der Waals surface area contributed by atoms with Gasteiger partial charge in [0.15, 0.2) is 0 Å². The third-order valence-electron chi connectivity index (χ3n) is 2.85. The lowest BCUT2D eigenvalue weighted by molar-refractivity contribution is 0.414. The number of hydrogen-bond acceptors (Lipinski definition) is 1. The molecule has 70 valence electrons. The predicted molar refractivity (Wildman–Crippen MR) is 54.6 cm³/mol. The first-order valence-corrected chi connectivity index (χ1v) is 4.87. The molecule has 0 N–H and O–H groups in total. The molecule has 0 aromatic heterocycles. The van der Waals surface area contributed by atoms with E-state index < -0.39 is 0 Å². The molecule has 0 spiro atoms. The van der Waals surface area contributed by atoms with Gasteiger partial charge >= 0.3 is 0 Å². The van der Waals surface area contributed by atoms with Crippen LogP contribution in [0.25, 0.3) is 0 Å². The van der Waals surface area contributed by atoms with Crippen molar-refractivity contribution in [2.75, 3.05) is 7.11 Å². The number of halogens is 1. The van der Waals surface area contributed by atoms with Crippen LogP contribution < -0.4 is 4.74 Å². The van der Waals surface area contributed by atoms with Crippen molar-refractivity contribution in [1.29, 1.82) is 0 Å². The lowest BCUT2D eigenvalue weighted by Crippen LogP contribution is -1.99. The first-order valence-electron chi connectivity index (χ1n) is 4.50. The van der Waals surface area contributed by atoms with E-state index in [9.17, 15) is 0 Å². The number of ether oxygens (including phenoxy) is 1. The van der Waals surface area contributed by atoms with Gasteiger partial charge in [-0.25, -0.2) is 0 Å². The minimum absolute atomic E-state index is 0.387. The lowest BCUT2D eigenvalue weighted by Gasteiger charge is -2.11. The molecule has 1 aromatic rings. The molecule has 0 amide bonds. The average Bonchev–Trinajstić information content (AvgIpc) is 2.86. The standard InChI is InChI=1S/C11H13ClO/c1-11(5-6-11)8-3-4-9(12)10(7-8)13-2/h3-4,7H,5-6H2,1-2H3. The van der Waals surface area contributed by atoms with Crippen LogP contribution in [0.5, 0.6) is 5.75 Å². The first kappa shape index (κ1) is 8.89. The van der Waals surface area contributed by atoms with E-state index in [1.54, 1.807) is 7.11 Å². The van der Waals surface area contributed by atoms with Crippen molar-refractivity contribution in [2.24, 2.45) is 0 Å². The molecule has 0 unspecified atom stereocenters. The highest BCUT2D eigenvalue weighted by molar-refractivity contribution is 6.32. The Morgan fingerprint density at radius 3 is 2.62 bits per heavy atom. The van der Waals surface area contributed by atoms with E-state index in [-0.39, 0.29) is 0 Å². The van der Waals surface area contributed by atoms with E-state index in [0.29, 0.717) is 10.4 Å². The predicted octanol–water partition coefficient (Wildman–Crippen LogP) is 3.40. The maximum Gasteiger partial charge on any atom is 0.137 e. The summed E-state index contributed by atoms with van der Waals surface area (Å²) in [5.74, 6) is 0.785. The monoisotopic (exact) mass is 196 g/mol. The first-order chi connectivity index (χ1) is 6.15. The van der Waals surface area contributed by atoms with Gasteiger partial charge in [-0.3, -0.25) is 0 Å². The SMILES string of the molecule is COc1cc(C2(C)CC2)ccc1Cl. The average molecular weight is 197 g/mol. The van der Waals surface area contributed by atoms with Crippen LogP contribution in [-0.4, -0.2) is 7.11 Å². The van der Waals surface area contributed by atoms with Crippen molar-refractivity contribution < 1.29 is 4.74 Å². The molecule has 0 heterocycles. The molecule has 1 fully saturated rings. The maximum atomic E-state index is 5.94. The Bertz CT molecular complexity index is 329. The number of methoxy groups -OCH3 is 1. The fourth-order valence-corrected chi connectivity index (χ4v) is 1.71. The van der Waals surface area contributed by atoms with Crippen LogP contribution >= 0.6 is 11.6 Å². The summed E-state index contributed by atoms with van der Waals surface area (Å²) < 4.78 is 5.18. The summed E-state index contributed by atoms with van der Waals surface area (Å²) in [6, 6.07) is 6.06. The summed E-state index contributed by atoms with van der Waals surface area (Å²) in [5, 5.41) is 0.690. The van der Waals surface area contributed by atoms with Crippen LogP contribution in [0.3, 0.4) is 0 Å². The van der Waals surface area contributed by atoms with Crippen molar-refractivity contribution in [3.63, 3.8) is 0 Å². The van der Waals surface area contributed by atoms with E-state index in [0.717, 1.165) is 5.75 Å². The van der Waals surface area contributed by atoms with Gasteiger partial charge in [0, 0.05) is 0 Å². The molecule has 0 aliphatic heterocycles. The molecule has 1 saturated carbocycles. The van der Waals surface area contributed by atoms with Gasteiger partial charge in [0.1, 0.15) is 5.75 Å². The van der Waals surface area contributed by atoms with Crippen molar-refractivity contribution in [3.8, 4) is 5.75 Å². The minimum atomic E-state index is 0.387. The molecule has 0 saturated heterocycles. The Kier molecular flexibility index (Phi) is 1.99. The second-order valence-corrected chi connectivity index (χ2v) is 4.32.